The maximum absolute atomic E-state index is 11.0. The molecular formula is C14H22N4O2. The molecule has 1 fully saturated rings. The van der Waals surface area contributed by atoms with Crippen LogP contribution in [-0.4, -0.2) is 41.0 Å². The molecule has 0 amide bonds. The van der Waals surface area contributed by atoms with Crippen LogP contribution in [0.4, 0.5) is 11.5 Å². The fraction of sp³-hybridized carbons (Fsp3) is 0.643. The Morgan fingerprint density at radius 3 is 2.85 bits per heavy atom. The fourth-order valence-electron chi connectivity index (χ4n) is 2.71. The molecular weight excluding hydrogens is 256 g/mol. The van der Waals surface area contributed by atoms with Gasteiger partial charge in [-0.25, -0.2) is 4.98 Å². The molecule has 6 nitrogen and oxygen atoms in total. The minimum absolute atomic E-state index is 0.0496. The number of hydrogen-bond donors (Lipinski definition) is 1. The van der Waals surface area contributed by atoms with Crippen LogP contribution < -0.4 is 5.32 Å². The Morgan fingerprint density at radius 2 is 2.20 bits per heavy atom. The number of anilines is 1. The molecule has 0 aromatic carbocycles. The normalized spacial score (nSPS) is 15.8. The lowest BCUT2D eigenvalue weighted by Gasteiger charge is -2.23. The van der Waals surface area contributed by atoms with Gasteiger partial charge in [0.15, 0.2) is 0 Å². The smallest absolute Gasteiger partial charge is 0.311 e. The molecule has 1 N–H and O–H groups in total. The van der Waals surface area contributed by atoms with Gasteiger partial charge in [-0.15, -0.1) is 0 Å². The van der Waals surface area contributed by atoms with E-state index in [0.717, 1.165) is 12.1 Å². The summed E-state index contributed by atoms with van der Waals surface area (Å²) in [5.74, 6) is 0.362. The van der Waals surface area contributed by atoms with Gasteiger partial charge >= 0.3 is 5.69 Å². The highest BCUT2D eigenvalue weighted by Crippen LogP contribution is 2.23. The number of aromatic nitrogens is 1. The average Bonchev–Trinajstić information content (AvgIpc) is 2.94. The molecule has 2 rings (SSSR count). The molecule has 1 aromatic heterocycles. The number of aryl methyl sites for hydroxylation is 1. The van der Waals surface area contributed by atoms with E-state index in [9.17, 15) is 10.1 Å². The van der Waals surface area contributed by atoms with Crippen LogP contribution >= 0.6 is 0 Å². The van der Waals surface area contributed by atoms with Gasteiger partial charge in [0.05, 0.1) is 4.92 Å². The summed E-state index contributed by atoms with van der Waals surface area (Å²) in [6.45, 7) is 3.35. The van der Waals surface area contributed by atoms with Crippen LogP contribution in [0.15, 0.2) is 12.3 Å². The van der Waals surface area contributed by atoms with Crippen LogP contribution in [0.5, 0.6) is 0 Å². The fourth-order valence-corrected chi connectivity index (χ4v) is 2.71. The molecule has 20 heavy (non-hydrogen) atoms. The third-order valence-electron chi connectivity index (χ3n) is 3.91. The van der Waals surface area contributed by atoms with Crippen LogP contribution in [-0.2, 0) is 0 Å². The predicted molar refractivity (Wildman–Crippen MR) is 79.0 cm³/mol. The monoisotopic (exact) mass is 278 g/mol. The Kier molecular flexibility index (Phi) is 4.89. The minimum atomic E-state index is -0.386. The summed E-state index contributed by atoms with van der Waals surface area (Å²) in [5, 5.41) is 14.1. The number of pyridine rings is 1. The van der Waals surface area contributed by atoms with Gasteiger partial charge in [0, 0.05) is 31.4 Å². The molecule has 1 aliphatic carbocycles. The zero-order valence-corrected chi connectivity index (χ0v) is 12.1. The van der Waals surface area contributed by atoms with Gasteiger partial charge in [0.25, 0.3) is 0 Å². The van der Waals surface area contributed by atoms with Gasteiger partial charge < -0.3 is 10.2 Å². The molecule has 1 saturated carbocycles. The van der Waals surface area contributed by atoms with Crippen LogP contribution in [0.25, 0.3) is 0 Å². The summed E-state index contributed by atoms with van der Waals surface area (Å²) < 4.78 is 0. The van der Waals surface area contributed by atoms with E-state index in [0.29, 0.717) is 18.4 Å². The second-order valence-electron chi connectivity index (χ2n) is 5.48. The number of nitro groups is 1. The van der Waals surface area contributed by atoms with Gasteiger partial charge in [0.1, 0.15) is 0 Å². The Labute approximate surface area is 119 Å². The maximum Gasteiger partial charge on any atom is 0.311 e. The standard InChI is InChI=1S/C14H22N4O2/c1-11-9-13(18(19)20)14(16-10-11)15-7-8-17(2)12-5-3-4-6-12/h9-10,12H,3-8H2,1-2H3,(H,15,16). The predicted octanol–water partition coefficient (Wildman–Crippen LogP) is 2.58. The number of nitrogens with zero attached hydrogens (tertiary/aromatic N) is 3. The van der Waals surface area contributed by atoms with E-state index in [1.54, 1.807) is 19.2 Å². The van der Waals surface area contributed by atoms with E-state index >= 15 is 0 Å². The first kappa shape index (κ1) is 14.7. The van der Waals surface area contributed by atoms with Crippen molar-refractivity contribution >= 4 is 11.5 Å². The van der Waals surface area contributed by atoms with Crippen molar-refractivity contribution < 1.29 is 4.92 Å². The summed E-state index contributed by atoms with van der Waals surface area (Å²) in [4.78, 5) is 17.1. The molecule has 1 heterocycles. The molecule has 0 unspecified atom stereocenters. The van der Waals surface area contributed by atoms with Crippen LogP contribution in [0, 0.1) is 17.0 Å². The van der Waals surface area contributed by atoms with Gasteiger partial charge in [-0.05, 0) is 32.4 Å². The Hall–Kier alpha value is -1.69. The van der Waals surface area contributed by atoms with Gasteiger partial charge in [-0.1, -0.05) is 12.8 Å². The Bertz CT molecular complexity index is 472. The highest BCUT2D eigenvalue weighted by Gasteiger charge is 2.19. The molecule has 110 valence electrons. The largest absolute Gasteiger partial charge is 0.363 e. The van der Waals surface area contributed by atoms with Crippen molar-refractivity contribution in [1.29, 1.82) is 0 Å². The van der Waals surface area contributed by atoms with E-state index in [2.05, 4.69) is 22.2 Å². The van der Waals surface area contributed by atoms with E-state index in [-0.39, 0.29) is 10.6 Å². The van der Waals surface area contributed by atoms with Crippen molar-refractivity contribution in [3.63, 3.8) is 0 Å². The van der Waals surface area contributed by atoms with Crippen molar-refractivity contribution in [2.75, 3.05) is 25.5 Å². The Balaban J connectivity index is 1.89. The third kappa shape index (κ3) is 3.66. The third-order valence-corrected chi connectivity index (χ3v) is 3.91. The van der Waals surface area contributed by atoms with Crippen LogP contribution in [0.2, 0.25) is 0 Å². The summed E-state index contributed by atoms with van der Waals surface area (Å²) in [6, 6.07) is 2.22. The number of hydrogen-bond acceptors (Lipinski definition) is 5. The first-order valence-electron chi connectivity index (χ1n) is 7.13. The molecule has 0 saturated heterocycles. The highest BCUT2D eigenvalue weighted by molar-refractivity contribution is 5.56. The van der Waals surface area contributed by atoms with E-state index in [1.807, 2.05) is 0 Å². The summed E-state index contributed by atoms with van der Waals surface area (Å²) in [7, 11) is 2.12. The van der Waals surface area contributed by atoms with Gasteiger partial charge in [-0.2, -0.15) is 0 Å². The van der Waals surface area contributed by atoms with E-state index < -0.39 is 0 Å². The van der Waals surface area contributed by atoms with Gasteiger partial charge in [0.2, 0.25) is 5.82 Å². The van der Waals surface area contributed by atoms with Crippen molar-refractivity contribution in [1.82, 2.24) is 9.88 Å². The average molecular weight is 278 g/mol. The molecule has 1 aliphatic rings. The second-order valence-corrected chi connectivity index (χ2v) is 5.48. The quantitative estimate of drug-likeness (QED) is 0.639. The number of likely N-dealkylation sites (N-methyl/N-ethyl adjacent to an activating group) is 1. The van der Waals surface area contributed by atoms with Crippen LogP contribution in [0.1, 0.15) is 31.2 Å². The molecule has 0 atom stereocenters. The molecule has 0 aliphatic heterocycles. The summed E-state index contributed by atoms with van der Waals surface area (Å²) in [6.07, 6.45) is 6.80. The molecule has 0 spiro atoms. The van der Waals surface area contributed by atoms with Crippen molar-refractivity contribution in [2.24, 2.45) is 0 Å². The zero-order valence-electron chi connectivity index (χ0n) is 12.1. The van der Waals surface area contributed by atoms with Gasteiger partial charge in [-0.3, -0.25) is 10.1 Å². The van der Waals surface area contributed by atoms with Crippen molar-refractivity contribution in [3.05, 3.63) is 27.9 Å². The molecule has 0 bridgehead atoms. The molecule has 1 aromatic rings. The topological polar surface area (TPSA) is 71.3 Å². The summed E-state index contributed by atoms with van der Waals surface area (Å²) >= 11 is 0. The molecule has 0 radical (unpaired) electrons. The first-order chi connectivity index (χ1) is 9.58. The van der Waals surface area contributed by atoms with Crippen molar-refractivity contribution in [2.45, 2.75) is 38.6 Å². The lowest BCUT2D eigenvalue weighted by Crippen LogP contribution is -2.33. The minimum Gasteiger partial charge on any atom is -0.363 e. The lowest BCUT2D eigenvalue weighted by molar-refractivity contribution is -0.384. The second kappa shape index (κ2) is 6.65. The van der Waals surface area contributed by atoms with Crippen molar-refractivity contribution in [3.8, 4) is 0 Å². The zero-order chi connectivity index (χ0) is 14.5. The SMILES string of the molecule is Cc1cnc(NCCN(C)C2CCCC2)c([N+](=O)[O-])c1. The van der Waals surface area contributed by atoms with E-state index in [4.69, 9.17) is 0 Å². The Morgan fingerprint density at radius 1 is 1.50 bits per heavy atom. The van der Waals surface area contributed by atoms with E-state index in [1.165, 1.54) is 25.7 Å². The number of rotatable bonds is 6. The first-order valence-corrected chi connectivity index (χ1v) is 7.13. The maximum atomic E-state index is 11.0. The lowest BCUT2D eigenvalue weighted by atomic mass is 10.2. The number of nitrogens with one attached hydrogen (secondary N) is 1. The highest BCUT2D eigenvalue weighted by atomic mass is 16.6. The van der Waals surface area contributed by atoms with Crippen LogP contribution in [0.3, 0.4) is 0 Å². The molecule has 6 heteroatoms. The summed E-state index contributed by atoms with van der Waals surface area (Å²) in [5.41, 5.74) is 0.846.